The van der Waals surface area contributed by atoms with E-state index >= 15 is 0 Å². The fourth-order valence-electron chi connectivity index (χ4n) is 2.79. The van der Waals surface area contributed by atoms with Crippen LogP contribution < -0.4 is 0 Å². The van der Waals surface area contributed by atoms with E-state index in [1.54, 1.807) is 0 Å². The molecule has 2 aromatic rings. The number of rotatable bonds is 1. The number of ether oxygens (including phenoxy) is 1. The Labute approximate surface area is 137 Å². The molecule has 0 spiro atoms. The van der Waals surface area contributed by atoms with Gasteiger partial charge in [0.25, 0.3) is 0 Å². The number of hydrogen-bond acceptors (Lipinski definition) is 2. The summed E-state index contributed by atoms with van der Waals surface area (Å²) >= 11 is 5.68. The summed E-state index contributed by atoms with van der Waals surface area (Å²) in [4.78, 5) is 0. The largest absolute Gasteiger partial charge is 0.418 e. The Morgan fingerprint density at radius 3 is 2.38 bits per heavy atom. The van der Waals surface area contributed by atoms with Crippen LogP contribution in [0.3, 0.4) is 0 Å². The topological polar surface area (TPSA) is 27.1 Å². The molecule has 0 N–H and O–H groups in total. The smallest absolute Gasteiger partial charge is 0.356 e. The fourth-order valence-corrected chi connectivity index (χ4v) is 3.15. The van der Waals surface area contributed by atoms with E-state index in [1.807, 2.05) is 0 Å². The van der Waals surface area contributed by atoms with Crippen molar-refractivity contribution in [1.82, 2.24) is 9.78 Å². The van der Waals surface area contributed by atoms with E-state index in [0.29, 0.717) is 19.1 Å². The quantitative estimate of drug-likeness (QED) is 0.624. The molecule has 10 heteroatoms. The van der Waals surface area contributed by atoms with Gasteiger partial charge in [-0.05, 0) is 25.3 Å². The first kappa shape index (κ1) is 17.3. The highest BCUT2D eigenvalue weighted by Crippen LogP contribution is 2.47. The summed E-state index contributed by atoms with van der Waals surface area (Å²) in [6, 6.07) is 0.439. The molecule has 1 aromatic carbocycles. The molecule has 1 aliphatic rings. The van der Waals surface area contributed by atoms with Crippen molar-refractivity contribution in [1.29, 1.82) is 0 Å². The zero-order valence-electron chi connectivity index (χ0n) is 12.0. The molecule has 1 fully saturated rings. The average Bonchev–Trinajstić information content (AvgIpc) is 2.90. The van der Waals surface area contributed by atoms with Gasteiger partial charge in [-0.25, -0.2) is 4.68 Å². The maximum absolute atomic E-state index is 13.1. The minimum atomic E-state index is -5.24. The van der Waals surface area contributed by atoms with Crippen molar-refractivity contribution in [3.05, 3.63) is 28.4 Å². The minimum Gasteiger partial charge on any atom is -0.356 e. The third-order valence-corrected chi connectivity index (χ3v) is 4.25. The van der Waals surface area contributed by atoms with Gasteiger partial charge in [0.2, 0.25) is 0 Å². The van der Waals surface area contributed by atoms with Gasteiger partial charge in [0.1, 0.15) is 0 Å². The van der Waals surface area contributed by atoms with Gasteiger partial charge in [0.05, 0.1) is 27.9 Å². The Balaban J connectivity index is 2.26. The first-order valence-electron chi connectivity index (χ1n) is 7.06. The highest BCUT2D eigenvalue weighted by molar-refractivity contribution is 6.36. The Hall–Kier alpha value is -1.48. The zero-order valence-corrected chi connectivity index (χ0v) is 12.8. The Morgan fingerprint density at radius 1 is 1.12 bits per heavy atom. The first-order chi connectivity index (χ1) is 11.1. The normalized spacial score (nSPS) is 19.9. The van der Waals surface area contributed by atoms with Crippen LogP contribution in [0, 0.1) is 0 Å². The van der Waals surface area contributed by atoms with E-state index in [1.165, 1.54) is 0 Å². The molecule has 1 atom stereocenters. The van der Waals surface area contributed by atoms with Crippen molar-refractivity contribution in [2.45, 2.75) is 37.8 Å². The summed E-state index contributed by atoms with van der Waals surface area (Å²) in [5.41, 5.74) is -3.86. The summed E-state index contributed by atoms with van der Waals surface area (Å²) < 4.78 is 85.3. The number of fused-ring (bicyclic) bond motifs is 1. The standard InChI is InChI=1S/C14H11ClF6N2O/c15-12-7-6-22-23(10-3-1-2-4-24-10)9(7)5-8(13(16,17)18)11(12)14(19,20)21/h5-6,10H,1-4H2. The molecule has 132 valence electrons. The maximum Gasteiger partial charge on any atom is 0.418 e. The molecule has 24 heavy (non-hydrogen) atoms. The summed E-state index contributed by atoms with van der Waals surface area (Å²) in [5, 5.41) is 2.70. The average molecular weight is 373 g/mol. The molecule has 3 nitrogen and oxygen atoms in total. The lowest BCUT2D eigenvalue weighted by Crippen LogP contribution is -2.20. The molecular weight excluding hydrogens is 362 g/mol. The molecule has 1 aliphatic heterocycles. The predicted octanol–water partition coefficient (Wildman–Crippen LogP) is 5.43. The maximum atomic E-state index is 13.1. The number of alkyl halides is 6. The van der Waals surface area contributed by atoms with Crippen molar-refractivity contribution in [2.24, 2.45) is 0 Å². The van der Waals surface area contributed by atoms with Crippen molar-refractivity contribution < 1.29 is 31.1 Å². The Kier molecular flexibility index (Phi) is 4.19. The van der Waals surface area contributed by atoms with Crippen LogP contribution in [0.2, 0.25) is 5.02 Å². The van der Waals surface area contributed by atoms with Crippen LogP contribution in [0.1, 0.15) is 36.6 Å². The first-order valence-corrected chi connectivity index (χ1v) is 7.44. The molecule has 0 radical (unpaired) electrons. The van der Waals surface area contributed by atoms with E-state index in [2.05, 4.69) is 5.10 Å². The molecule has 0 amide bonds. The van der Waals surface area contributed by atoms with Crippen LogP contribution in [-0.2, 0) is 17.1 Å². The van der Waals surface area contributed by atoms with E-state index in [9.17, 15) is 26.3 Å². The lowest BCUT2D eigenvalue weighted by molar-refractivity contribution is -0.161. The molecule has 2 heterocycles. The highest BCUT2D eigenvalue weighted by atomic mass is 35.5. The number of halogens is 7. The molecule has 0 aliphatic carbocycles. The lowest BCUT2D eigenvalue weighted by Gasteiger charge is -2.24. The fraction of sp³-hybridized carbons (Fsp3) is 0.500. The van der Waals surface area contributed by atoms with Crippen LogP contribution in [0.15, 0.2) is 12.3 Å². The van der Waals surface area contributed by atoms with Gasteiger partial charge in [0.15, 0.2) is 6.23 Å². The number of hydrogen-bond donors (Lipinski definition) is 0. The van der Waals surface area contributed by atoms with Crippen LogP contribution in [-0.4, -0.2) is 16.4 Å². The van der Waals surface area contributed by atoms with Crippen molar-refractivity contribution in [3.8, 4) is 0 Å². The SMILES string of the molecule is FC(F)(F)c1cc2c(cnn2C2CCCCO2)c(Cl)c1C(F)(F)F. The third kappa shape index (κ3) is 2.95. The highest BCUT2D eigenvalue weighted by Gasteiger charge is 2.46. The Bertz CT molecular complexity index is 761. The van der Waals surface area contributed by atoms with Gasteiger partial charge in [0, 0.05) is 12.0 Å². The number of benzene rings is 1. The van der Waals surface area contributed by atoms with E-state index in [4.69, 9.17) is 16.3 Å². The second-order valence-corrected chi connectivity index (χ2v) is 5.83. The van der Waals surface area contributed by atoms with Crippen LogP contribution >= 0.6 is 11.6 Å². The van der Waals surface area contributed by atoms with Gasteiger partial charge in [-0.3, -0.25) is 0 Å². The van der Waals surface area contributed by atoms with Crippen LogP contribution in [0.5, 0.6) is 0 Å². The van der Waals surface area contributed by atoms with Gasteiger partial charge >= 0.3 is 12.4 Å². The van der Waals surface area contributed by atoms with Crippen molar-refractivity contribution >= 4 is 22.5 Å². The summed E-state index contributed by atoms with van der Waals surface area (Å²) in [5.74, 6) is 0. The van der Waals surface area contributed by atoms with Crippen LogP contribution in [0.4, 0.5) is 26.3 Å². The van der Waals surface area contributed by atoms with E-state index < -0.39 is 34.7 Å². The molecule has 1 saturated heterocycles. The summed E-state index contributed by atoms with van der Waals surface area (Å²) in [6.45, 7) is 0.409. The second-order valence-electron chi connectivity index (χ2n) is 5.45. The van der Waals surface area contributed by atoms with Gasteiger partial charge < -0.3 is 4.74 Å². The molecule has 0 bridgehead atoms. The van der Waals surface area contributed by atoms with Gasteiger partial charge in [-0.15, -0.1) is 0 Å². The molecular formula is C14H11ClF6N2O. The van der Waals surface area contributed by atoms with E-state index in [0.717, 1.165) is 23.7 Å². The minimum absolute atomic E-state index is 0.132. The second kappa shape index (κ2) is 5.80. The summed E-state index contributed by atoms with van der Waals surface area (Å²) in [7, 11) is 0. The monoisotopic (exact) mass is 372 g/mol. The number of aromatic nitrogens is 2. The Morgan fingerprint density at radius 2 is 1.83 bits per heavy atom. The predicted molar refractivity (Wildman–Crippen MR) is 73.6 cm³/mol. The van der Waals surface area contributed by atoms with Gasteiger partial charge in [-0.1, -0.05) is 11.6 Å². The van der Waals surface area contributed by atoms with Crippen molar-refractivity contribution in [2.75, 3.05) is 6.61 Å². The molecule has 0 saturated carbocycles. The van der Waals surface area contributed by atoms with E-state index in [-0.39, 0.29) is 10.9 Å². The summed E-state index contributed by atoms with van der Waals surface area (Å²) in [6.07, 6.45) is -7.92. The number of nitrogens with zero attached hydrogens (tertiary/aromatic N) is 2. The molecule has 1 unspecified atom stereocenters. The molecule has 1 aromatic heterocycles. The van der Waals surface area contributed by atoms with Crippen molar-refractivity contribution in [3.63, 3.8) is 0 Å². The zero-order chi connectivity index (χ0) is 17.7. The van der Waals surface area contributed by atoms with Crippen LogP contribution in [0.25, 0.3) is 10.9 Å². The lowest BCUT2D eigenvalue weighted by atomic mass is 10.0. The molecule has 3 rings (SSSR count). The third-order valence-electron chi connectivity index (χ3n) is 3.86. The van der Waals surface area contributed by atoms with Gasteiger partial charge in [-0.2, -0.15) is 31.4 Å².